The van der Waals surface area contributed by atoms with Crippen LogP contribution in [0.3, 0.4) is 0 Å². The molecule has 0 amide bonds. The molecule has 0 aromatic rings. The van der Waals surface area contributed by atoms with Gasteiger partial charge in [0.1, 0.15) is 19.3 Å². The minimum Gasteiger partial charge on any atom is -0.462 e. The second-order valence-electron chi connectivity index (χ2n) is 25.4. The number of carbonyl (C=O) groups is 4. The lowest BCUT2D eigenvalue weighted by atomic mass is 10.0. The quantitative estimate of drug-likeness (QED) is 0.0222. The van der Waals surface area contributed by atoms with Gasteiger partial charge in [-0.3, -0.25) is 37.3 Å². The first-order valence-electron chi connectivity index (χ1n) is 36.1. The number of ether oxygens (including phenoxy) is 4. The van der Waals surface area contributed by atoms with Crippen molar-refractivity contribution in [1.29, 1.82) is 0 Å². The molecule has 0 saturated heterocycles. The predicted octanol–water partition coefficient (Wildman–Crippen LogP) is 19.7. The highest BCUT2D eigenvalue weighted by Gasteiger charge is 2.30. The Morgan fingerprint density at radius 2 is 0.523 bits per heavy atom. The molecule has 0 aliphatic rings. The molecule has 5 atom stereocenters. The monoisotopic (exact) mass is 1300 g/mol. The largest absolute Gasteiger partial charge is 0.472 e. The summed E-state index contributed by atoms with van der Waals surface area (Å²) in [5.41, 5.74) is 0. The Morgan fingerprint density at radius 3 is 0.773 bits per heavy atom. The van der Waals surface area contributed by atoms with E-state index in [2.05, 4.69) is 34.6 Å². The van der Waals surface area contributed by atoms with E-state index in [0.29, 0.717) is 25.7 Å². The van der Waals surface area contributed by atoms with Crippen LogP contribution in [0.5, 0.6) is 0 Å². The van der Waals surface area contributed by atoms with Gasteiger partial charge in [0.05, 0.1) is 26.4 Å². The van der Waals surface area contributed by atoms with Gasteiger partial charge in [-0.25, -0.2) is 9.13 Å². The molecule has 0 spiro atoms. The zero-order valence-electron chi connectivity index (χ0n) is 56.9. The van der Waals surface area contributed by atoms with Crippen LogP contribution >= 0.6 is 15.6 Å². The molecule has 0 rings (SSSR count). The average Bonchev–Trinajstić information content (AvgIpc) is 3.48. The maximum Gasteiger partial charge on any atom is 0.472 e. The molecule has 88 heavy (non-hydrogen) atoms. The lowest BCUT2D eigenvalue weighted by Gasteiger charge is -2.21. The Labute approximate surface area is 537 Å². The summed E-state index contributed by atoms with van der Waals surface area (Å²) < 4.78 is 67.9. The third-order valence-electron chi connectivity index (χ3n) is 16.0. The highest BCUT2D eigenvalue weighted by Crippen LogP contribution is 2.45. The molecule has 0 bridgehead atoms. The third-order valence-corrected chi connectivity index (χ3v) is 17.9. The van der Waals surface area contributed by atoms with Crippen molar-refractivity contribution in [3.8, 4) is 0 Å². The van der Waals surface area contributed by atoms with Gasteiger partial charge in [-0.2, -0.15) is 0 Å². The highest BCUT2D eigenvalue weighted by molar-refractivity contribution is 7.47. The number of unbranched alkanes of at least 4 members (excludes halogenated alkanes) is 41. The van der Waals surface area contributed by atoms with Crippen LogP contribution < -0.4 is 0 Å². The van der Waals surface area contributed by atoms with Crippen molar-refractivity contribution >= 4 is 39.5 Å². The average molecular weight is 1300 g/mol. The fraction of sp³-hybridized carbons (Fsp3) is 0.942. The van der Waals surface area contributed by atoms with Gasteiger partial charge >= 0.3 is 39.5 Å². The first-order valence-corrected chi connectivity index (χ1v) is 39.1. The third kappa shape index (κ3) is 62.8. The zero-order chi connectivity index (χ0) is 64.9. The number of hydrogen-bond donors (Lipinski definition) is 3. The van der Waals surface area contributed by atoms with E-state index >= 15 is 0 Å². The maximum absolute atomic E-state index is 13.0. The number of phosphoric acid groups is 2. The maximum atomic E-state index is 13.0. The number of hydrogen-bond acceptors (Lipinski definition) is 15. The van der Waals surface area contributed by atoms with Gasteiger partial charge in [0.2, 0.25) is 0 Å². The Bertz CT molecular complexity index is 1700. The summed E-state index contributed by atoms with van der Waals surface area (Å²) in [5.74, 6) is -1.38. The first-order chi connectivity index (χ1) is 42.5. The number of aliphatic hydroxyl groups is 1. The summed E-state index contributed by atoms with van der Waals surface area (Å²) in [4.78, 5) is 72.1. The second-order valence-corrected chi connectivity index (χ2v) is 28.3. The standard InChI is InChI=1S/C69H134O17P2/c1-6-9-12-15-17-19-20-21-22-23-24-25-26-27-28-29-30-36-40-45-50-55-69(74)86-65(59-80-67(72)53-48-43-38-35-32-31-34-37-42-46-51-62(4)5)61-84-88(77,78)82-57-63(70)56-81-87(75,76)83-60-64(58-79-66(71)52-47-41-14-11-8-3)85-68(73)54-49-44-39-33-18-16-13-10-7-2/h62-65,70H,6-61H2,1-5H3,(H,75,76)(H,77,78)/t63-,64+,65+/m0/s1. The highest BCUT2D eigenvalue weighted by atomic mass is 31.2. The second kappa shape index (κ2) is 62.5. The minimum absolute atomic E-state index is 0.105. The van der Waals surface area contributed by atoms with Crippen molar-refractivity contribution in [2.75, 3.05) is 39.6 Å². The van der Waals surface area contributed by atoms with Crippen molar-refractivity contribution in [1.82, 2.24) is 0 Å². The summed E-state index contributed by atoms with van der Waals surface area (Å²) in [7, 11) is -9.88. The Balaban J connectivity index is 5.10. The SMILES string of the molecule is CCCCCCCCCCCCCCCCCCCCCCCC(=O)O[C@H](COC(=O)CCCCCCCCCCCCC(C)C)COP(=O)(O)OC[C@@H](O)COP(=O)(O)OC[C@@H](COC(=O)CCCCCCC)OC(=O)CCCCCCCCCCC. The van der Waals surface area contributed by atoms with Crippen LogP contribution in [0, 0.1) is 5.92 Å². The summed E-state index contributed by atoms with van der Waals surface area (Å²) in [5, 5.41) is 10.5. The van der Waals surface area contributed by atoms with Crippen molar-refractivity contribution in [2.45, 2.75) is 374 Å². The first kappa shape index (κ1) is 86.1. The number of carbonyl (C=O) groups excluding carboxylic acids is 4. The molecule has 0 heterocycles. The van der Waals surface area contributed by atoms with Crippen LogP contribution in [0.25, 0.3) is 0 Å². The molecule has 0 fully saturated rings. The Morgan fingerprint density at radius 1 is 0.307 bits per heavy atom. The van der Waals surface area contributed by atoms with Gasteiger partial charge in [-0.15, -0.1) is 0 Å². The summed E-state index contributed by atoms with van der Waals surface area (Å²) in [6.07, 6.45) is 49.2. The smallest absolute Gasteiger partial charge is 0.462 e. The molecule has 0 aromatic heterocycles. The van der Waals surface area contributed by atoms with E-state index in [1.165, 1.54) is 173 Å². The fourth-order valence-corrected chi connectivity index (χ4v) is 12.0. The molecule has 19 heteroatoms. The molecule has 522 valence electrons. The summed E-state index contributed by atoms with van der Waals surface area (Å²) >= 11 is 0. The van der Waals surface area contributed by atoms with Crippen LogP contribution in [0.15, 0.2) is 0 Å². The molecule has 3 N–H and O–H groups in total. The number of phosphoric ester groups is 2. The van der Waals surface area contributed by atoms with Crippen molar-refractivity contribution in [3.63, 3.8) is 0 Å². The van der Waals surface area contributed by atoms with Crippen LogP contribution in [0.4, 0.5) is 0 Å². The van der Waals surface area contributed by atoms with Crippen LogP contribution in [-0.2, 0) is 65.4 Å². The predicted molar refractivity (Wildman–Crippen MR) is 354 cm³/mol. The van der Waals surface area contributed by atoms with Gasteiger partial charge in [0.15, 0.2) is 12.2 Å². The van der Waals surface area contributed by atoms with Gasteiger partial charge in [-0.1, -0.05) is 304 Å². The molecule has 17 nitrogen and oxygen atoms in total. The van der Waals surface area contributed by atoms with Crippen molar-refractivity contribution in [2.24, 2.45) is 5.92 Å². The summed E-state index contributed by atoms with van der Waals surface area (Å²) in [6, 6.07) is 0. The van der Waals surface area contributed by atoms with Gasteiger partial charge in [-0.05, 0) is 31.6 Å². The van der Waals surface area contributed by atoms with Crippen LogP contribution in [0.2, 0.25) is 0 Å². The van der Waals surface area contributed by atoms with Crippen molar-refractivity contribution in [3.05, 3.63) is 0 Å². The number of aliphatic hydroxyl groups excluding tert-OH is 1. The molecular formula is C69H134O17P2. The van der Waals surface area contributed by atoms with Gasteiger partial charge in [0.25, 0.3) is 0 Å². The normalized spacial score (nSPS) is 14.1. The minimum atomic E-state index is -4.95. The topological polar surface area (TPSA) is 237 Å². The molecule has 0 saturated carbocycles. The fourth-order valence-electron chi connectivity index (χ4n) is 10.5. The Hall–Kier alpha value is -1.94. The van der Waals surface area contributed by atoms with E-state index in [0.717, 1.165) is 102 Å². The number of rotatable bonds is 69. The molecular weight excluding hydrogens is 1160 g/mol. The molecule has 0 aliphatic heterocycles. The van der Waals surface area contributed by atoms with E-state index < -0.39 is 97.5 Å². The van der Waals surface area contributed by atoms with Crippen LogP contribution in [-0.4, -0.2) is 96.7 Å². The van der Waals surface area contributed by atoms with Gasteiger partial charge in [0, 0.05) is 25.7 Å². The van der Waals surface area contributed by atoms with E-state index in [1.54, 1.807) is 0 Å². The lowest BCUT2D eigenvalue weighted by Crippen LogP contribution is -2.30. The Kier molecular flexibility index (Phi) is 61.1. The molecule has 0 aliphatic carbocycles. The van der Waals surface area contributed by atoms with E-state index in [1.807, 2.05) is 0 Å². The lowest BCUT2D eigenvalue weighted by molar-refractivity contribution is -0.161. The molecule has 2 unspecified atom stereocenters. The van der Waals surface area contributed by atoms with E-state index in [-0.39, 0.29) is 25.7 Å². The number of esters is 4. The van der Waals surface area contributed by atoms with Crippen LogP contribution in [0.1, 0.15) is 356 Å². The molecule has 0 aromatic carbocycles. The van der Waals surface area contributed by atoms with Crippen molar-refractivity contribution < 1.29 is 80.2 Å². The molecule has 0 radical (unpaired) electrons. The van der Waals surface area contributed by atoms with E-state index in [4.69, 9.17) is 37.0 Å². The zero-order valence-corrected chi connectivity index (χ0v) is 58.6. The van der Waals surface area contributed by atoms with Gasteiger partial charge < -0.3 is 33.8 Å². The summed E-state index contributed by atoms with van der Waals surface area (Å²) in [6.45, 7) is 7.12. The van der Waals surface area contributed by atoms with E-state index in [9.17, 15) is 43.2 Å².